The maximum atomic E-state index is 12.2. The molecule has 4 nitrogen and oxygen atoms in total. The van der Waals surface area contributed by atoms with Crippen molar-refractivity contribution in [1.82, 2.24) is 4.98 Å². The Labute approximate surface area is 130 Å². The van der Waals surface area contributed by atoms with Crippen LogP contribution in [0.4, 0.5) is 11.5 Å². The fourth-order valence-electron chi connectivity index (χ4n) is 2.40. The van der Waals surface area contributed by atoms with Crippen LogP contribution in [0, 0.1) is 6.92 Å². The lowest BCUT2D eigenvalue weighted by molar-refractivity contribution is 0.102. The number of rotatable bonds is 4. The van der Waals surface area contributed by atoms with E-state index in [2.05, 4.69) is 27.8 Å². The summed E-state index contributed by atoms with van der Waals surface area (Å²) in [5.74, 6) is 0.658. The highest BCUT2D eigenvalue weighted by Crippen LogP contribution is 2.16. The Morgan fingerprint density at radius 2 is 1.82 bits per heavy atom. The van der Waals surface area contributed by atoms with E-state index >= 15 is 0 Å². The quantitative estimate of drug-likeness (QED) is 0.844. The predicted octanol–water partition coefficient (Wildman–Crippen LogP) is 3.77. The van der Waals surface area contributed by atoms with Crippen LogP contribution in [-0.2, 0) is 0 Å². The minimum atomic E-state index is -0.148. The first-order valence-electron chi connectivity index (χ1n) is 7.46. The van der Waals surface area contributed by atoms with E-state index in [0.29, 0.717) is 11.6 Å². The molecule has 1 amide bonds. The Bertz CT molecular complexity index is 666. The van der Waals surface area contributed by atoms with Gasteiger partial charge >= 0.3 is 0 Å². The number of carbonyl (C=O) groups excluding carboxylic acids is 1. The molecule has 0 unspecified atom stereocenters. The van der Waals surface area contributed by atoms with Crippen molar-refractivity contribution in [2.75, 3.05) is 10.6 Å². The zero-order chi connectivity index (χ0) is 15.4. The van der Waals surface area contributed by atoms with E-state index in [4.69, 9.17) is 0 Å². The van der Waals surface area contributed by atoms with Gasteiger partial charge in [-0.15, -0.1) is 0 Å². The standard InChI is InChI=1S/C18H19N3O/c1-13-6-9-16(10-7-13)21-18(22)14-8-11-17(19-12-14)20-15-4-2-3-5-15/h2-3,6-12,15H,4-5H2,1H3,(H,19,20)(H,21,22). The number of nitrogens with zero attached hydrogens (tertiary/aromatic N) is 1. The van der Waals surface area contributed by atoms with E-state index in [0.717, 1.165) is 29.9 Å². The average Bonchev–Trinajstić information content (AvgIpc) is 3.03. The van der Waals surface area contributed by atoms with Crippen molar-refractivity contribution in [3.63, 3.8) is 0 Å². The minimum Gasteiger partial charge on any atom is -0.367 e. The second-order valence-corrected chi connectivity index (χ2v) is 5.54. The summed E-state index contributed by atoms with van der Waals surface area (Å²) >= 11 is 0. The largest absolute Gasteiger partial charge is 0.367 e. The molecule has 1 aromatic carbocycles. The summed E-state index contributed by atoms with van der Waals surface area (Å²) in [5, 5.41) is 6.23. The highest BCUT2D eigenvalue weighted by atomic mass is 16.1. The lowest BCUT2D eigenvalue weighted by atomic mass is 10.2. The van der Waals surface area contributed by atoms with E-state index in [-0.39, 0.29) is 5.91 Å². The number of anilines is 2. The van der Waals surface area contributed by atoms with Gasteiger partial charge in [-0.1, -0.05) is 29.8 Å². The molecule has 0 saturated heterocycles. The summed E-state index contributed by atoms with van der Waals surface area (Å²) in [6.07, 6.45) is 7.99. The molecule has 3 rings (SSSR count). The molecule has 1 aromatic heterocycles. The van der Waals surface area contributed by atoms with E-state index in [1.165, 1.54) is 0 Å². The van der Waals surface area contributed by atoms with Crippen LogP contribution in [0.15, 0.2) is 54.7 Å². The fraction of sp³-hybridized carbons (Fsp3) is 0.222. The van der Waals surface area contributed by atoms with Crippen molar-refractivity contribution in [3.05, 3.63) is 65.9 Å². The van der Waals surface area contributed by atoms with Crippen LogP contribution in [0.2, 0.25) is 0 Å². The number of benzene rings is 1. The number of pyridine rings is 1. The van der Waals surface area contributed by atoms with Crippen LogP contribution in [0.1, 0.15) is 28.8 Å². The number of aromatic nitrogens is 1. The van der Waals surface area contributed by atoms with E-state index in [1.807, 2.05) is 37.3 Å². The first-order valence-corrected chi connectivity index (χ1v) is 7.46. The maximum Gasteiger partial charge on any atom is 0.257 e. The second kappa shape index (κ2) is 6.43. The first kappa shape index (κ1) is 14.3. The summed E-state index contributed by atoms with van der Waals surface area (Å²) in [5.41, 5.74) is 2.50. The van der Waals surface area contributed by atoms with Gasteiger partial charge < -0.3 is 10.6 Å². The van der Waals surface area contributed by atoms with Crippen LogP contribution in [-0.4, -0.2) is 16.9 Å². The van der Waals surface area contributed by atoms with E-state index < -0.39 is 0 Å². The highest BCUT2D eigenvalue weighted by molar-refractivity contribution is 6.04. The monoisotopic (exact) mass is 293 g/mol. The lowest BCUT2D eigenvalue weighted by Gasteiger charge is -2.12. The van der Waals surface area contributed by atoms with Crippen molar-refractivity contribution < 1.29 is 4.79 Å². The van der Waals surface area contributed by atoms with Crippen LogP contribution in [0.5, 0.6) is 0 Å². The Balaban J connectivity index is 1.61. The summed E-state index contributed by atoms with van der Waals surface area (Å²) < 4.78 is 0. The Morgan fingerprint density at radius 1 is 1.09 bits per heavy atom. The third kappa shape index (κ3) is 3.52. The number of hydrogen-bond acceptors (Lipinski definition) is 3. The fourth-order valence-corrected chi connectivity index (χ4v) is 2.40. The number of nitrogens with one attached hydrogen (secondary N) is 2. The molecule has 112 valence electrons. The molecular weight excluding hydrogens is 274 g/mol. The lowest BCUT2D eigenvalue weighted by Crippen LogP contribution is -2.17. The molecule has 1 aliphatic rings. The van der Waals surface area contributed by atoms with Crippen molar-refractivity contribution in [2.45, 2.75) is 25.8 Å². The molecule has 1 heterocycles. The molecule has 0 spiro atoms. The van der Waals surface area contributed by atoms with Crippen molar-refractivity contribution in [3.8, 4) is 0 Å². The zero-order valence-corrected chi connectivity index (χ0v) is 12.5. The smallest absolute Gasteiger partial charge is 0.257 e. The minimum absolute atomic E-state index is 0.148. The molecule has 1 aliphatic carbocycles. The molecule has 2 N–H and O–H groups in total. The van der Waals surface area contributed by atoms with Gasteiger partial charge in [0.15, 0.2) is 0 Å². The first-order chi connectivity index (χ1) is 10.7. The number of carbonyl (C=O) groups is 1. The number of aryl methyl sites for hydroxylation is 1. The summed E-state index contributed by atoms with van der Waals surface area (Å²) in [7, 11) is 0. The van der Waals surface area contributed by atoms with E-state index in [1.54, 1.807) is 12.3 Å². The molecule has 4 heteroatoms. The molecular formula is C18H19N3O. The Kier molecular flexibility index (Phi) is 4.19. The topological polar surface area (TPSA) is 54.0 Å². The van der Waals surface area contributed by atoms with Crippen molar-refractivity contribution in [1.29, 1.82) is 0 Å². The number of hydrogen-bond donors (Lipinski definition) is 2. The van der Waals surface area contributed by atoms with Gasteiger partial charge in [-0.25, -0.2) is 4.98 Å². The van der Waals surface area contributed by atoms with Gasteiger partial charge in [-0.3, -0.25) is 4.79 Å². The summed E-state index contributed by atoms with van der Waals surface area (Å²) in [4.78, 5) is 16.5. The van der Waals surface area contributed by atoms with Gasteiger partial charge in [0, 0.05) is 17.9 Å². The van der Waals surface area contributed by atoms with E-state index in [9.17, 15) is 4.79 Å². The van der Waals surface area contributed by atoms with Crippen LogP contribution < -0.4 is 10.6 Å². The number of amides is 1. The van der Waals surface area contributed by atoms with Crippen LogP contribution in [0.25, 0.3) is 0 Å². The molecule has 0 fully saturated rings. The van der Waals surface area contributed by atoms with Gasteiger partial charge in [0.1, 0.15) is 5.82 Å². The van der Waals surface area contributed by atoms with Crippen molar-refractivity contribution >= 4 is 17.4 Å². The summed E-state index contributed by atoms with van der Waals surface area (Å²) in [6, 6.07) is 11.8. The van der Waals surface area contributed by atoms with Gasteiger partial charge in [-0.05, 0) is 44.0 Å². The predicted molar refractivity (Wildman–Crippen MR) is 89.2 cm³/mol. The molecule has 22 heavy (non-hydrogen) atoms. The zero-order valence-electron chi connectivity index (χ0n) is 12.5. The van der Waals surface area contributed by atoms with Crippen LogP contribution >= 0.6 is 0 Å². The summed E-state index contributed by atoms with van der Waals surface area (Å²) in [6.45, 7) is 2.01. The average molecular weight is 293 g/mol. The third-order valence-electron chi connectivity index (χ3n) is 3.69. The molecule has 0 bridgehead atoms. The molecule has 0 saturated carbocycles. The Morgan fingerprint density at radius 3 is 2.45 bits per heavy atom. The molecule has 0 atom stereocenters. The Hall–Kier alpha value is -2.62. The SMILES string of the molecule is Cc1ccc(NC(=O)c2ccc(NC3CC=CC3)nc2)cc1. The van der Waals surface area contributed by atoms with Crippen LogP contribution in [0.3, 0.4) is 0 Å². The maximum absolute atomic E-state index is 12.2. The third-order valence-corrected chi connectivity index (χ3v) is 3.69. The normalized spacial score (nSPS) is 14.0. The molecule has 0 radical (unpaired) electrons. The van der Waals surface area contributed by atoms with Gasteiger partial charge in [-0.2, -0.15) is 0 Å². The van der Waals surface area contributed by atoms with Gasteiger partial charge in [0.25, 0.3) is 5.91 Å². The molecule has 0 aliphatic heterocycles. The van der Waals surface area contributed by atoms with Gasteiger partial charge in [0.05, 0.1) is 5.56 Å². The highest BCUT2D eigenvalue weighted by Gasteiger charge is 2.11. The molecule has 2 aromatic rings. The van der Waals surface area contributed by atoms with Crippen molar-refractivity contribution in [2.24, 2.45) is 0 Å². The van der Waals surface area contributed by atoms with Gasteiger partial charge in [0.2, 0.25) is 0 Å². The second-order valence-electron chi connectivity index (χ2n) is 5.54.